The molecule has 0 saturated heterocycles. The molecule has 1 aromatic heterocycles. The van der Waals surface area contributed by atoms with E-state index in [1.165, 1.54) is 49.2 Å². The van der Waals surface area contributed by atoms with E-state index < -0.39 is 22.8 Å². The molecule has 0 saturated carbocycles. The normalized spacial score (nSPS) is 11.0. The number of aromatic nitrogens is 1. The standard InChI is InChI=1S/C24H34ClN3O4/c1-3-5-6-7-8-9-10-11-12-13-20(29)26-27-23(31)21-22(30)18-16-17(25)14-15-19(18)28(4-2)24(21)32/h14-16,30H,3-13H2,1-2H3,(H,26,29)(H,27,31). The van der Waals surface area contributed by atoms with Gasteiger partial charge in [-0.1, -0.05) is 69.9 Å². The molecule has 0 aliphatic carbocycles. The van der Waals surface area contributed by atoms with Gasteiger partial charge in [-0.3, -0.25) is 25.2 Å². The van der Waals surface area contributed by atoms with Gasteiger partial charge in [0.15, 0.2) is 0 Å². The van der Waals surface area contributed by atoms with Crippen LogP contribution < -0.4 is 16.4 Å². The maximum atomic E-state index is 12.8. The Kier molecular flexibility index (Phi) is 10.5. The molecule has 0 unspecified atom stereocenters. The maximum absolute atomic E-state index is 12.8. The fraction of sp³-hybridized carbons (Fsp3) is 0.542. The van der Waals surface area contributed by atoms with Crippen LogP contribution in [0.1, 0.15) is 88.4 Å². The lowest BCUT2D eigenvalue weighted by molar-refractivity contribution is -0.122. The van der Waals surface area contributed by atoms with E-state index in [2.05, 4.69) is 17.8 Å². The van der Waals surface area contributed by atoms with Crippen molar-refractivity contribution in [2.45, 2.75) is 84.6 Å². The monoisotopic (exact) mass is 463 g/mol. The van der Waals surface area contributed by atoms with E-state index in [0.29, 0.717) is 22.5 Å². The van der Waals surface area contributed by atoms with E-state index in [1.807, 2.05) is 0 Å². The van der Waals surface area contributed by atoms with Gasteiger partial charge in [0.25, 0.3) is 11.5 Å². The van der Waals surface area contributed by atoms with Crippen molar-refractivity contribution in [1.82, 2.24) is 15.4 Å². The average molecular weight is 464 g/mol. The van der Waals surface area contributed by atoms with E-state index in [4.69, 9.17) is 11.6 Å². The Morgan fingerprint density at radius 1 is 0.969 bits per heavy atom. The number of carbonyl (C=O) groups excluding carboxylic acids is 2. The average Bonchev–Trinajstić information content (AvgIpc) is 2.77. The Labute approximate surface area is 194 Å². The number of benzene rings is 1. The van der Waals surface area contributed by atoms with Crippen LogP contribution in [0.25, 0.3) is 10.9 Å². The highest BCUT2D eigenvalue weighted by Gasteiger charge is 2.22. The van der Waals surface area contributed by atoms with Crippen molar-refractivity contribution < 1.29 is 14.7 Å². The van der Waals surface area contributed by atoms with Gasteiger partial charge in [0.05, 0.1) is 5.52 Å². The van der Waals surface area contributed by atoms with Gasteiger partial charge in [-0.15, -0.1) is 0 Å². The summed E-state index contributed by atoms with van der Waals surface area (Å²) in [6.45, 7) is 4.28. The lowest BCUT2D eigenvalue weighted by atomic mass is 10.1. The molecule has 2 aromatic rings. The van der Waals surface area contributed by atoms with E-state index in [-0.39, 0.29) is 12.3 Å². The molecule has 32 heavy (non-hydrogen) atoms. The van der Waals surface area contributed by atoms with Gasteiger partial charge in [-0.05, 0) is 31.5 Å². The zero-order valence-corrected chi connectivity index (χ0v) is 19.8. The number of unbranched alkanes of at least 4 members (excludes halogenated alkanes) is 8. The predicted octanol–water partition coefficient (Wildman–Crippen LogP) is 5.06. The van der Waals surface area contributed by atoms with Crippen LogP contribution in [-0.4, -0.2) is 21.5 Å². The van der Waals surface area contributed by atoms with Crippen molar-refractivity contribution in [3.63, 3.8) is 0 Å². The number of nitrogens with zero attached hydrogens (tertiary/aromatic N) is 1. The van der Waals surface area contributed by atoms with Crippen LogP contribution >= 0.6 is 11.6 Å². The van der Waals surface area contributed by atoms with E-state index >= 15 is 0 Å². The number of amides is 2. The number of halogens is 1. The van der Waals surface area contributed by atoms with Crippen LogP contribution in [0.5, 0.6) is 5.75 Å². The highest BCUT2D eigenvalue weighted by molar-refractivity contribution is 6.31. The van der Waals surface area contributed by atoms with Crippen molar-refractivity contribution >= 4 is 34.3 Å². The molecule has 0 bridgehead atoms. The van der Waals surface area contributed by atoms with Gasteiger partial charge < -0.3 is 9.67 Å². The molecule has 176 valence electrons. The summed E-state index contributed by atoms with van der Waals surface area (Å²) >= 11 is 6.01. The summed E-state index contributed by atoms with van der Waals surface area (Å²) < 4.78 is 1.38. The third-order valence-electron chi connectivity index (χ3n) is 5.57. The highest BCUT2D eigenvalue weighted by atomic mass is 35.5. The Morgan fingerprint density at radius 3 is 2.22 bits per heavy atom. The first-order valence-electron chi connectivity index (χ1n) is 11.5. The number of carbonyl (C=O) groups is 2. The van der Waals surface area contributed by atoms with Crippen molar-refractivity contribution in [3.05, 3.63) is 39.1 Å². The molecule has 0 fully saturated rings. The molecule has 2 rings (SSSR count). The lowest BCUT2D eigenvalue weighted by Gasteiger charge is -2.14. The summed E-state index contributed by atoms with van der Waals surface area (Å²) in [5.41, 5.74) is 4.00. The van der Waals surface area contributed by atoms with Gasteiger partial charge in [-0.25, -0.2) is 0 Å². The Morgan fingerprint density at radius 2 is 1.59 bits per heavy atom. The second kappa shape index (κ2) is 13.1. The molecule has 8 heteroatoms. The topological polar surface area (TPSA) is 100 Å². The van der Waals surface area contributed by atoms with E-state index in [9.17, 15) is 19.5 Å². The smallest absolute Gasteiger partial charge is 0.279 e. The zero-order valence-electron chi connectivity index (χ0n) is 19.0. The first-order valence-corrected chi connectivity index (χ1v) is 11.9. The first kappa shape index (κ1) is 25.7. The zero-order chi connectivity index (χ0) is 23.5. The van der Waals surface area contributed by atoms with Gasteiger partial charge >= 0.3 is 0 Å². The number of fused-ring (bicyclic) bond motifs is 1. The Bertz CT molecular complexity index is 987. The van der Waals surface area contributed by atoms with Crippen molar-refractivity contribution in [2.75, 3.05) is 0 Å². The number of hydrazine groups is 1. The summed E-state index contributed by atoms with van der Waals surface area (Å²) in [6.07, 6.45) is 10.6. The van der Waals surface area contributed by atoms with Crippen LogP contribution in [0.4, 0.5) is 0 Å². The lowest BCUT2D eigenvalue weighted by Crippen LogP contribution is -2.44. The molecular weight excluding hydrogens is 430 g/mol. The predicted molar refractivity (Wildman–Crippen MR) is 128 cm³/mol. The Balaban J connectivity index is 1.88. The summed E-state index contributed by atoms with van der Waals surface area (Å²) in [7, 11) is 0. The Hall–Kier alpha value is -2.54. The van der Waals surface area contributed by atoms with Crippen LogP contribution in [0, 0.1) is 0 Å². The van der Waals surface area contributed by atoms with Gasteiger partial charge in [0.1, 0.15) is 11.3 Å². The molecule has 0 atom stereocenters. The molecule has 7 nitrogen and oxygen atoms in total. The molecule has 0 aliphatic rings. The second-order valence-electron chi connectivity index (χ2n) is 8.02. The molecule has 0 spiro atoms. The summed E-state index contributed by atoms with van der Waals surface area (Å²) in [5, 5.41) is 11.2. The van der Waals surface area contributed by atoms with Crippen molar-refractivity contribution in [3.8, 4) is 5.75 Å². The number of hydrogen-bond acceptors (Lipinski definition) is 4. The highest BCUT2D eigenvalue weighted by Crippen LogP contribution is 2.28. The minimum atomic E-state index is -0.864. The first-order chi connectivity index (χ1) is 15.4. The maximum Gasteiger partial charge on any atom is 0.279 e. The number of nitrogens with one attached hydrogen (secondary N) is 2. The summed E-state index contributed by atoms with van der Waals surface area (Å²) in [6, 6.07) is 4.73. The fourth-order valence-corrected chi connectivity index (χ4v) is 3.95. The van der Waals surface area contributed by atoms with Gasteiger partial charge in [0, 0.05) is 23.4 Å². The number of aromatic hydroxyl groups is 1. The molecule has 1 aromatic carbocycles. The van der Waals surface area contributed by atoms with Crippen LogP contribution in [0.3, 0.4) is 0 Å². The minimum absolute atomic E-state index is 0.286. The third kappa shape index (κ3) is 6.99. The quantitative estimate of drug-likeness (QED) is 0.302. The van der Waals surface area contributed by atoms with E-state index in [1.54, 1.807) is 19.1 Å². The molecular formula is C24H34ClN3O4. The summed E-state index contributed by atoms with van der Waals surface area (Å²) in [5.74, 6) is -1.65. The number of pyridine rings is 1. The van der Waals surface area contributed by atoms with Crippen molar-refractivity contribution in [2.24, 2.45) is 0 Å². The fourth-order valence-electron chi connectivity index (χ4n) is 3.78. The second-order valence-corrected chi connectivity index (χ2v) is 8.45. The van der Waals surface area contributed by atoms with Crippen molar-refractivity contribution in [1.29, 1.82) is 0 Å². The molecule has 0 radical (unpaired) electrons. The summed E-state index contributed by atoms with van der Waals surface area (Å²) in [4.78, 5) is 37.4. The van der Waals surface area contributed by atoms with E-state index in [0.717, 1.165) is 19.3 Å². The number of rotatable bonds is 12. The molecule has 1 heterocycles. The SMILES string of the molecule is CCCCCCCCCCCC(=O)NNC(=O)c1c(O)c2cc(Cl)ccc2n(CC)c1=O. The third-order valence-corrected chi connectivity index (χ3v) is 5.80. The van der Waals surface area contributed by atoms with Gasteiger partial charge in [0.2, 0.25) is 5.91 Å². The largest absolute Gasteiger partial charge is 0.506 e. The molecule has 0 aliphatic heterocycles. The number of hydrogen-bond donors (Lipinski definition) is 3. The number of aryl methyl sites for hydroxylation is 1. The van der Waals surface area contributed by atoms with Crippen LogP contribution in [0.15, 0.2) is 23.0 Å². The molecule has 3 N–H and O–H groups in total. The molecule has 2 amide bonds. The van der Waals surface area contributed by atoms with Crippen LogP contribution in [-0.2, 0) is 11.3 Å². The van der Waals surface area contributed by atoms with Crippen LogP contribution in [0.2, 0.25) is 5.02 Å². The minimum Gasteiger partial charge on any atom is -0.506 e. The van der Waals surface area contributed by atoms with Gasteiger partial charge in [-0.2, -0.15) is 0 Å².